The van der Waals surface area contributed by atoms with Gasteiger partial charge < -0.3 is 20.1 Å². The van der Waals surface area contributed by atoms with Gasteiger partial charge in [-0.1, -0.05) is 42.5 Å². The fourth-order valence-corrected chi connectivity index (χ4v) is 2.62. The molecule has 0 radical (unpaired) electrons. The molecule has 0 aliphatic rings. The molecule has 1 atom stereocenters. The van der Waals surface area contributed by atoms with Crippen LogP contribution >= 0.6 is 0 Å². The number of hydrogen-bond donors (Lipinski definition) is 2. The lowest BCUT2D eigenvalue weighted by Gasteiger charge is -2.18. The van der Waals surface area contributed by atoms with Crippen molar-refractivity contribution in [1.29, 1.82) is 0 Å². The van der Waals surface area contributed by atoms with Crippen molar-refractivity contribution in [2.24, 2.45) is 0 Å². The standard InChI is InChI=1S/C21H24N2O5/c1-3-28-18-12-8-7-11-16(18)21(26)22-14-19(24)23-17(13-20(25)27-2)15-9-5-4-6-10-15/h4-12,17H,3,13-14H2,1-2H3,(H,22,26)(H,23,24). The summed E-state index contributed by atoms with van der Waals surface area (Å²) in [5.74, 6) is -0.817. The van der Waals surface area contributed by atoms with E-state index >= 15 is 0 Å². The van der Waals surface area contributed by atoms with Crippen LogP contribution in [-0.2, 0) is 14.3 Å². The lowest BCUT2D eigenvalue weighted by atomic mass is 10.0. The van der Waals surface area contributed by atoms with E-state index in [0.717, 1.165) is 5.56 Å². The SMILES string of the molecule is CCOc1ccccc1C(=O)NCC(=O)NC(CC(=O)OC)c1ccccc1. The van der Waals surface area contributed by atoms with Crippen molar-refractivity contribution in [3.05, 3.63) is 65.7 Å². The molecule has 28 heavy (non-hydrogen) atoms. The first-order valence-corrected chi connectivity index (χ1v) is 8.96. The maximum atomic E-state index is 12.4. The van der Waals surface area contributed by atoms with Gasteiger partial charge in [0, 0.05) is 0 Å². The molecule has 2 aromatic rings. The summed E-state index contributed by atoms with van der Waals surface area (Å²) in [4.78, 5) is 36.4. The van der Waals surface area contributed by atoms with Crippen molar-refractivity contribution in [3.63, 3.8) is 0 Å². The van der Waals surface area contributed by atoms with Crippen LogP contribution in [0.1, 0.15) is 35.3 Å². The van der Waals surface area contributed by atoms with Crippen LogP contribution in [-0.4, -0.2) is 38.0 Å². The average Bonchev–Trinajstić information content (AvgIpc) is 2.72. The molecule has 0 aliphatic heterocycles. The molecular formula is C21H24N2O5. The van der Waals surface area contributed by atoms with Crippen LogP contribution < -0.4 is 15.4 Å². The third kappa shape index (κ3) is 6.12. The van der Waals surface area contributed by atoms with Gasteiger partial charge >= 0.3 is 5.97 Å². The smallest absolute Gasteiger partial charge is 0.307 e. The highest BCUT2D eigenvalue weighted by Crippen LogP contribution is 2.18. The summed E-state index contributed by atoms with van der Waals surface area (Å²) < 4.78 is 10.1. The van der Waals surface area contributed by atoms with Crippen LogP contribution in [0.15, 0.2) is 54.6 Å². The van der Waals surface area contributed by atoms with Crippen molar-refractivity contribution in [2.75, 3.05) is 20.3 Å². The van der Waals surface area contributed by atoms with Crippen LogP contribution in [0, 0.1) is 0 Å². The van der Waals surface area contributed by atoms with Crippen LogP contribution in [0.3, 0.4) is 0 Å². The number of para-hydroxylation sites is 1. The van der Waals surface area contributed by atoms with Crippen LogP contribution in [0.2, 0.25) is 0 Å². The predicted molar refractivity (Wildman–Crippen MR) is 104 cm³/mol. The molecule has 0 saturated carbocycles. The van der Waals surface area contributed by atoms with Crippen LogP contribution in [0.25, 0.3) is 0 Å². The molecule has 2 rings (SSSR count). The number of hydrogen-bond acceptors (Lipinski definition) is 5. The van der Waals surface area contributed by atoms with E-state index in [-0.39, 0.29) is 13.0 Å². The third-order valence-electron chi connectivity index (χ3n) is 3.98. The van der Waals surface area contributed by atoms with Gasteiger partial charge in [-0.15, -0.1) is 0 Å². The largest absolute Gasteiger partial charge is 0.493 e. The Bertz CT molecular complexity index is 807. The highest BCUT2D eigenvalue weighted by molar-refractivity contribution is 5.98. The maximum absolute atomic E-state index is 12.4. The number of amides is 2. The van der Waals surface area contributed by atoms with Crippen molar-refractivity contribution < 1.29 is 23.9 Å². The van der Waals surface area contributed by atoms with Crippen LogP contribution in [0.4, 0.5) is 0 Å². The number of ether oxygens (including phenoxy) is 2. The zero-order valence-electron chi connectivity index (χ0n) is 15.9. The molecule has 2 N–H and O–H groups in total. The van der Waals surface area contributed by atoms with Gasteiger partial charge in [-0.25, -0.2) is 0 Å². The van der Waals surface area contributed by atoms with Gasteiger partial charge in [-0.3, -0.25) is 14.4 Å². The first-order chi connectivity index (χ1) is 13.5. The molecule has 0 heterocycles. The van der Waals surface area contributed by atoms with E-state index in [1.807, 2.05) is 37.3 Å². The quantitative estimate of drug-likeness (QED) is 0.647. The average molecular weight is 384 g/mol. The van der Waals surface area contributed by atoms with E-state index in [0.29, 0.717) is 17.9 Å². The summed E-state index contributed by atoms with van der Waals surface area (Å²) in [5, 5.41) is 5.33. The zero-order chi connectivity index (χ0) is 20.4. The highest BCUT2D eigenvalue weighted by atomic mass is 16.5. The number of carbonyl (C=O) groups is 3. The van der Waals surface area contributed by atoms with Gasteiger partial charge in [0.1, 0.15) is 5.75 Å². The fraction of sp³-hybridized carbons (Fsp3) is 0.286. The molecule has 0 saturated heterocycles. The summed E-state index contributed by atoms with van der Waals surface area (Å²) in [6.07, 6.45) is -0.00657. The normalized spacial score (nSPS) is 11.2. The van der Waals surface area contributed by atoms with E-state index < -0.39 is 23.8 Å². The van der Waals surface area contributed by atoms with Gasteiger partial charge in [-0.2, -0.15) is 0 Å². The Hall–Kier alpha value is -3.35. The minimum Gasteiger partial charge on any atom is -0.493 e. The number of nitrogens with one attached hydrogen (secondary N) is 2. The van der Waals surface area contributed by atoms with E-state index in [4.69, 9.17) is 9.47 Å². The van der Waals surface area contributed by atoms with E-state index in [1.165, 1.54) is 7.11 Å². The number of carbonyl (C=O) groups excluding carboxylic acids is 3. The Kier molecular flexibility index (Phi) is 8.02. The molecule has 148 valence electrons. The summed E-state index contributed by atoms with van der Waals surface area (Å²) in [6, 6.07) is 15.4. The van der Waals surface area contributed by atoms with Crippen molar-refractivity contribution >= 4 is 17.8 Å². The van der Waals surface area contributed by atoms with Crippen molar-refractivity contribution in [2.45, 2.75) is 19.4 Å². The monoisotopic (exact) mass is 384 g/mol. The molecule has 7 heteroatoms. The fourth-order valence-electron chi connectivity index (χ4n) is 2.62. The first kappa shape index (κ1) is 21.0. The van der Waals surface area contributed by atoms with Gasteiger partial charge in [0.15, 0.2) is 0 Å². The lowest BCUT2D eigenvalue weighted by molar-refractivity contribution is -0.141. The molecule has 2 aromatic carbocycles. The molecule has 0 aromatic heterocycles. The van der Waals surface area contributed by atoms with Gasteiger partial charge in [-0.05, 0) is 24.6 Å². The number of rotatable bonds is 9. The second-order valence-electron chi connectivity index (χ2n) is 5.92. The molecule has 0 aliphatic carbocycles. The number of benzene rings is 2. The molecule has 1 unspecified atom stereocenters. The topological polar surface area (TPSA) is 93.7 Å². The van der Waals surface area contributed by atoms with E-state index in [1.54, 1.807) is 24.3 Å². The van der Waals surface area contributed by atoms with Crippen molar-refractivity contribution in [3.8, 4) is 5.75 Å². The second kappa shape index (κ2) is 10.7. The summed E-state index contributed by atoms with van der Waals surface area (Å²) in [6.45, 7) is 2.02. The second-order valence-corrected chi connectivity index (χ2v) is 5.92. The molecule has 2 amide bonds. The Morgan fingerprint density at radius 2 is 1.68 bits per heavy atom. The van der Waals surface area contributed by atoms with E-state index in [9.17, 15) is 14.4 Å². The van der Waals surface area contributed by atoms with Gasteiger partial charge in [0.2, 0.25) is 5.91 Å². The van der Waals surface area contributed by atoms with Crippen LogP contribution in [0.5, 0.6) is 5.75 Å². The summed E-state index contributed by atoms with van der Waals surface area (Å²) >= 11 is 0. The minimum absolute atomic E-state index is 0.00657. The summed E-state index contributed by atoms with van der Waals surface area (Å²) in [7, 11) is 1.29. The maximum Gasteiger partial charge on any atom is 0.307 e. The number of methoxy groups -OCH3 is 1. The molecule has 0 bridgehead atoms. The number of esters is 1. The highest BCUT2D eigenvalue weighted by Gasteiger charge is 2.19. The van der Waals surface area contributed by atoms with Crippen molar-refractivity contribution in [1.82, 2.24) is 10.6 Å². The lowest BCUT2D eigenvalue weighted by Crippen LogP contribution is -2.39. The molecule has 7 nitrogen and oxygen atoms in total. The first-order valence-electron chi connectivity index (χ1n) is 8.96. The Morgan fingerprint density at radius 3 is 2.36 bits per heavy atom. The molecular weight excluding hydrogens is 360 g/mol. The Labute approximate surface area is 164 Å². The third-order valence-corrected chi connectivity index (χ3v) is 3.98. The van der Waals surface area contributed by atoms with Gasteiger partial charge in [0.25, 0.3) is 5.91 Å². The Balaban J connectivity index is 1.99. The zero-order valence-corrected chi connectivity index (χ0v) is 15.9. The summed E-state index contributed by atoms with van der Waals surface area (Å²) in [5.41, 5.74) is 1.13. The van der Waals surface area contributed by atoms with Gasteiger partial charge in [0.05, 0.1) is 38.3 Å². The molecule has 0 fully saturated rings. The predicted octanol–water partition coefficient (Wildman–Crippen LogP) is 2.24. The Morgan fingerprint density at radius 1 is 1.00 bits per heavy atom. The van der Waals surface area contributed by atoms with E-state index in [2.05, 4.69) is 10.6 Å². The minimum atomic E-state index is -0.547. The molecule has 0 spiro atoms.